The number of rotatable bonds is 7. The Hall–Kier alpha value is -2.65. The van der Waals surface area contributed by atoms with Crippen molar-refractivity contribution in [1.82, 2.24) is 4.90 Å². The quantitative estimate of drug-likeness (QED) is 0.486. The van der Waals surface area contributed by atoms with Crippen molar-refractivity contribution in [3.8, 4) is 5.75 Å². The van der Waals surface area contributed by atoms with Crippen LogP contribution in [0.25, 0.3) is 0 Å². The third-order valence-corrected chi connectivity index (χ3v) is 6.63. The lowest BCUT2D eigenvalue weighted by molar-refractivity contribution is -0.384. The molecule has 3 rings (SSSR count). The highest BCUT2D eigenvalue weighted by Crippen LogP contribution is 2.23. The van der Waals surface area contributed by atoms with Crippen LogP contribution in [0.2, 0.25) is 5.02 Å². The summed E-state index contributed by atoms with van der Waals surface area (Å²) in [6.45, 7) is -0.139. The number of sulfone groups is 1. The van der Waals surface area contributed by atoms with E-state index in [-0.39, 0.29) is 36.1 Å². The number of benzene rings is 2. The highest BCUT2D eigenvalue weighted by Gasteiger charge is 2.34. The summed E-state index contributed by atoms with van der Waals surface area (Å²) in [5.41, 5.74) is 0.664. The lowest BCUT2D eigenvalue weighted by Crippen LogP contribution is -2.43. The van der Waals surface area contributed by atoms with E-state index in [9.17, 15) is 23.3 Å². The first-order valence-electron chi connectivity index (χ1n) is 8.85. The first-order valence-corrected chi connectivity index (χ1v) is 11.0. The van der Waals surface area contributed by atoms with Gasteiger partial charge in [-0.1, -0.05) is 29.8 Å². The summed E-state index contributed by atoms with van der Waals surface area (Å²) in [4.78, 5) is 24.7. The molecule has 29 heavy (non-hydrogen) atoms. The second-order valence-electron chi connectivity index (χ2n) is 6.75. The minimum Gasteiger partial charge on any atom is -0.484 e. The number of nitro groups is 1. The van der Waals surface area contributed by atoms with E-state index >= 15 is 0 Å². The summed E-state index contributed by atoms with van der Waals surface area (Å²) in [5, 5.41) is 11.4. The van der Waals surface area contributed by atoms with Crippen LogP contribution in [-0.4, -0.2) is 48.3 Å². The molecule has 0 unspecified atom stereocenters. The van der Waals surface area contributed by atoms with E-state index in [1.54, 1.807) is 24.3 Å². The van der Waals surface area contributed by atoms with Crippen molar-refractivity contribution in [2.24, 2.45) is 0 Å². The summed E-state index contributed by atoms with van der Waals surface area (Å²) in [7, 11) is -3.19. The van der Waals surface area contributed by atoms with Crippen LogP contribution in [0.1, 0.15) is 12.0 Å². The molecule has 1 amide bonds. The van der Waals surface area contributed by atoms with Crippen LogP contribution in [0.4, 0.5) is 5.69 Å². The zero-order valence-corrected chi connectivity index (χ0v) is 16.9. The number of ether oxygens (including phenoxy) is 1. The number of carbonyl (C=O) groups is 1. The van der Waals surface area contributed by atoms with Gasteiger partial charge in [0, 0.05) is 23.7 Å². The van der Waals surface area contributed by atoms with Crippen molar-refractivity contribution in [3.05, 3.63) is 69.2 Å². The number of non-ortho nitro benzene ring substituents is 1. The van der Waals surface area contributed by atoms with Crippen LogP contribution in [0.5, 0.6) is 5.75 Å². The van der Waals surface area contributed by atoms with Gasteiger partial charge in [0.15, 0.2) is 16.4 Å². The number of hydrogen-bond donors (Lipinski definition) is 0. The molecule has 0 radical (unpaired) electrons. The van der Waals surface area contributed by atoms with Gasteiger partial charge in [0.1, 0.15) is 5.75 Å². The second-order valence-corrected chi connectivity index (χ2v) is 9.41. The van der Waals surface area contributed by atoms with E-state index in [0.29, 0.717) is 11.4 Å². The first kappa shape index (κ1) is 21.1. The summed E-state index contributed by atoms with van der Waals surface area (Å²) >= 11 is 5.90. The number of carbonyl (C=O) groups excluding carboxylic acids is 1. The maximum atomic E-state index is 12.9. The lowest BCUT2D eigenvalue weighted by Gasteiger charge is -2.28. The Labute approximate surface area is 173 Å². The molecule has 2 aromatic rings. The Kier molecular flexibility index (Phi) is 6.39. The fourth-order valence-corrected chi connectivity index (χ4v) is 5.00. The third kappa shape index (κ3) is 5.68. The number of nitrogens with zero attached hydrogens (tertiary/aromatic N) is 2. The number of hydrogen-bond acceptors (Lipinski definition) is 6. The average Bonchev–Trinajstić information content (AvgIpc) is 3.05. The number of halogens is 1. The minimum absolute atomic E-state index is 0.0355. The minimum atomic E-state index is -3.19. The van der Waals surface area contributed by atoms with E-state index in [1.165, 1.54) is 29.2 Å². The van der Waals surface area contributed by atoms with E-state index in [0.717, 1.165) is 5.56 Å². The van der Waals surface area contributed by atoms with Crippen LogP contribution in [-0.2, 0) is 21.2 Å². The molecule has 10 heteroatoms. The molecule has 0 N–H and O–H groups in total. The molecule has 1 fully saturated rings. The number of nitro benzene ring substituents is 1. The molecule has 0 saturated carbocycles. The van der Waals surface area contributed by atoms with E-state index in [4.69, 9.17) is 16.3 Å². The molecule has 1 heterocycles. The van der Waals surface area contributed by atoms with Crippen molar-refractivity contribution < 1.29 is 22.9 Å². The lowest BCUT2D eigenvalue weighted by atomic mass is 10.1. The molecule has 2 aromatic carbocycles. The zero-order valence-electron chi connectivity index (χ0n) is 15.4. The predicted octanol–water partition coefficient (Wildman–Crippen LogP) is 2.84. The van der Waals surface area contributed by atoms with Crippen LogP contribution >= 0.6 is 11.6 Å². The molecule has 1 saturated heterocycles. The second kappa shape index (κ2) is 8.79. The van der Waals surface area contributed by atoms with Crippen LogP contribution < -0.4 is 4.74 Å². The van der Waals surface area contributed by atoms with Gasteiger partial charge in [-0.25, -0.2) is 8.42 Å². The predicted molar refractivity (Wildman–Crippen MR) is 108 cm³/mol. The normalized spacial score (nSPS) is 17.6. The Morgan fingerprint density at radius 2 is 1.97 bits per heavy atom. The van der Waals surface area contributed by atoms with Crippen molar-refractivity contribution in [2.45, 2.75) is 19.0 Å². The van der Waals surface area contributed by atoms with Gasteiger partial charge in [-0.2, -0.15) is 0 Å². The van der Waals surface area contributed by atoms with Gasteiger partial charge in [0.25, 0.3) is 11.6 Å². The molecule has 0 aliphatic carbocycles. The van der Waals surface area contributed by atoms with E-state index in [2.05, 4.69) is 0 Å². The highest BCUT2D eigenvalue weighted by molar-refractivity contribution is 7.91. The smallest absolute Gasteiger partial charge is 0.273 e. The van der Waals surface area contributed by atoms with Gasteiger partial charge in [-0.05, 0) is 30.2 Å². The third-order valence-electron chi connectivity index (χ3n) is 4.63. The Bertz CT molecular complexity index is 1010. The summed E-state index contributed by atoms with van der Waals surface area (Å²) in [6, 6.07) is 12.0. The molecule has 0 bridgehead atoms. The molecular weight excluding hydrogens is 420 g/mol. The molecule has 1 aliphatic heterocycles. The fraction of sp³-hybridized carbons (Fsp3) is 0.316. The maximum Gasteiger partial charge on any atom is 0.273 e. The van der Waals surface area contributed by atoms with Gasteiger partial charge >= 0.3 is 0 Å². The molecule has 0 spiro atoms. The van der Waals surface area contributed by atoms with Gasteiger partial charge in [0.2, 0.25) is 0 Å². The monoisotopic (exact) mass is 438 g/mol. The Morgan fingerprint density at radius 1 is 1.24 bits per heavy atom. The Balaban J connectivity index is 1.74. The van der Waals surface area contributed by atoms with E-state index in [1.807, 2.05) is 0 Å². The Morgan fingerprint density at radius 3 is 2.59 bits per heavy atom. The molecule has 8 nitrogen and oxygen atoms in total. The summed E-state index contributed by atoms with van der Waals surface area (Å²) in [5.74, 6) is -0.261. The molecular formula is C19H19ClN2O6S. The van der Waals surface area contributed by atoms with E-state index < -0.39 is 26.7 Å². The van der Waals surface area contributed by atoms with Crippen LogP contribution in [0, 0.1) is 10.1 Å². The largest absolute Gasteiger partial charge is 0.484 e. The zero-order chi connectivity index (χ0) is 21.0. The van der Waals surface area contributed by atoms with Crippen LogP contribution in [0.15, 0.2) is 48.5 Å². The highest BCUT2D eigenvalue weighted by atomic mass is 35.5. The topological polar surface area (TPSA) is 107 Å². The van der Waals surface area contributed by atoms with Gasteiger partial charge in [-0.3, -0.25) is 14.9 Å². The van der Waals surface area contributed by atoms with Crippen molar-refractivity contribution in [1.29, 1.82) is 0 Å². The van der Waals surface area contributed by atoms with Crippen LogP contribution in [0.3, 0.4) is 0 Å². The standard InChI is InChI=1S/C19H19ClN2O6S/c20-15-6-4-14(5-7-15)11-21(17-8-9-29(26,27)13-17)19(23)12-28-18-3-1-2-16(10-18)22(24)25/h1-7,10,17H,8-9,11-13H2/t17-/m1/s1. The summed E-state index contributed by atoms with van der Waals surface area (Å²) < 4.78 is 29.2. The van der Waals surface area contributed by atoms with Gasteiger partial charge < -0.3 is 9.64 Å². The molecule has 1 atom stereocenters. The van der Waals surface area contributed by atoms with Gasteiger partial charge in [0.05, 0.1) is 22.5 Å². The number of amides is 1. The fourth-order valence-electron chi connectivity index (χ4n) is 3.14. The van der Waals surface area contributed by atoms with Crippen molar-refractivity contribution in [3.63, 3.8) is 0 Å². The maximum absolute atomic E-state index is 12.9. The van der Waals surface area contributed by atoms with Crippen molar-refractivity contribution >= 4 is 33.0 Å². The molecule has 1 aliphatic rings. The van der Waals surface area contributed by atoms with Gasteiger partial charge in [-0.15, -0.1) is 0 Å². The summed E-state index contributed by atoms with van der Waals surface area (Å²) in [6.07, 6.45) is 0.360. The first-order chi connectivity index (χ1) is 13.7. The molecule has 0 aromatic heterocycles. The average molecular weight is 439 g/mol. The SMILES string of the molecule is O=C(COc1cccc([N+](=O)[O-])c1)N(Cc1ccc(Cl)cc1)[C@@H]1CCS(=O)(=O)C1. The molecule has 154 valence electrons. The van der Waals surface area contributed by atoms with Crippen molar-refractivity contribution in [2.75, 3.05) is 18.1 Å².